The minimum Gasteiger partial charge on any atom is -0.493 e. The van der Waals surface area contributed by atoms with Crippen LogP contribution in [0.4, 0.5) is 5.69 Å². The zero-order valence-electron chi connectivity index (χ0n) is 29.5. The zero-order chi connectivity index (χ0) is 36.8. The van der Waals surface area contributed by atoms with E-state index in [1.54, 1.807) is 91.2 Å². The van der Waals surface area contributed by atoms with Gasteiger partial charge in [-0.15, -0.1) is 0 Å². The molecule has 1 atom stereocenters. The number of benzene rings is 4. The highest BCUT2D eigenvalue weighted by atomic mass is 35.5. The lowest BCUT2D eigenvalue weighted by Crippen LogP contribution is -2.38. The Kier molecular flexibility index (Phi) is 11.0. The Morgan fingerprint density at radius 3 is 1.94 bits per heavy atom. The second-order valence-corrected chi connectivity index (χ2v) is 11.8. The zero-order valence-corrected chi connectivity index (χ0v) is 30.2. The van der Waals surface area contributed by atoms with Gasteiger partial charge in [0, 0.05) is 34.3 Å². The second kappa shape index (κ2) is 15.9. The molecule has 5 aromatic rings. The van der Waals surface area contributed by atoms with Crippen molar-refractivity contribution in [1.29, 1.82) is 0 Å². The molecular weight excluding hydrogens is 694 g/mol. The molecule has 0 aliphatic carbocycles. The van der Waals surface area contributed by atoms with E-state index in [1.165, 1.54) is 0 Å². The van der Waals surface area contributed by atoms with Crippen LogP contribution in [0.25, 0.3) is 22.6 Å². The van der Waals surface area contributed by atoms with Crippen LogP contribution >= 0.6 is 11.6 Å². The molecule has 13 nitrogen and oxygen atoms in total. The summed E-state index contributed by atoms with van der Waals surface area (Å²) >= 11 is 6.07. The number of nitrogens with zero attached hydrogens (tertiary/aromatic N) is 1. The van der Waals surface area contributed by atoms with Gasteiger partial charge in [0.15, 0.2) is 40.3 Å². The lowest BCUT2D eigenvalue weighted by Gasteiger charge is -2.28. The fourth-order valence-electron chi connectivity index (χ4n) is 5.74. The Morgan fingerprint density at radius 2 is 1.29 bits per heavy atom. The first kappa shape index (κ1) is 35.9. The summed E-state index contributed by atoms with van der Waals surface area (Å²) in [7, 11) is 9.31. The highest BCUT2D eigenvalue weighted by molar-refractivity contribution is 6.31. The molecule has 4 aromatic carbocycles. The van der Waals surface area contributed by atoms with E-state index in [-0.39, 0.29) is 5.91 Å². The van der Waals surface area contributed by atoms with Gasteiger partial charge in [0.2, 0.25) is 11.5 Å². The number of halogens is 1. The van der Waals surface area contributed by atoms with Crippen molar-refractivity contribution in [2.45, 2.75) is 12.6 Å². The number of hydrogen-bond acceptors (Lipinski definition) is 12. The standard InChI is InChI=1S/C38H38ClN3O10/c1-44-30-14-21(37-40-26-10-9-24(39)19-25(26)38(43)41-37)8-11-28(30)50-12-7-13-51-36-33(47-4)15-22(16-34(36)48-5)27-20-29(52-42-27)23-17-31(45-2)35(49-6)32(18-23)46-3/h8-11,14-20,37,40H,7,12-13H2,1-6H3,(H,41,43). The molecular formula is C38H38ClN3O10. The minimum atomic E-state index is -0.457. The molecule has 1 aromatic heterocycles. The van der Waals surface area contributed by atoms with Gasteiger partial charge in [-0.2, -0.15) is 0 Å². The normalized spacial score (nSPS) is 13.3. The molecule has 272 valence electrons. The summed E-state index contributed by atoms with van der Waals surface area (Å²) in [5.74, 6) is 4.16. The van der Waals surface area contributed by atoms with Crippen LogP contribution < -0.4 is 48.5 Å². The van der Waals surface area contributed by atoms with E-state index in [4.69, 9.17) is 54.0 Å². The number of carbonyl (C=O) groups excluding carboxylic acids is 1. The number of anilines is 1. The number of hydrogen-bond donors (Lipinski definition) is 2. The van der Waals surface area contributed by atoms with E-state index >= 15 is 0 Å². The molecule has 0 saturated heterocycles. The molecule has 14 heteroatoms. The molecule has 0 radical (unpaired) electrons. The Labute approximate surface area is 305 Å². The summed E-state index contributed by atoms with van der Waals surface area (Å²) in [5, 5.41) is 11.0. The van der Waals surface area contributed by atoms with Crippen molar-refractivity contribution in [2.24, 2.45) is 0 Å². The average molecular weight is 732 g/mol. The summed E-state index contributed by atoms with van der Waals surface area (Å²) in [6.07, 6.45) is 0.0851. The molecule has 0 saturated carbocycles. The van der Waals surface area contributed by atoms with Gasteiger partial charge in [-0.25, -0.2) is 0 Å². The Balaban J connectivity index is 1.09. The first-order valence-corrected chi connectivity index (χ1v) is 16.5. The van der Waals surface area contributed by atoms with E-state index in [2.05, 4.69) is 15.8 Å². The predicted octanol–water partition coefficient (Wildman–Crippen LogP) is 7.42. The van der Waals surface area contributed by atoms with Gasteiger partial charge in [0.25, 0.3) is 5.91 Å². The van der Waals surface area contributed by atoms with E-state index in [0.29, 0.717) is 104 Å². The molecule has 2 heterocycles. The number of amides is 1. The summed E-state index contributed by atoms with van der Waals surface area (Å²) in [6.45, 7) is 0.650. The largest absolute Gasteiger partial charge is 0.493 e. The lowest BCUT2D eigenvalue weighted by atomic mass is 10.1. The van der Waals surface area contributed by atoms with Crippen molar-refractivity contribution in [1.82, 2.24) is 10.5 Å². The quantitative estimate of drug-likeness (QED) is 0.104. The molecule has 6 rings (SSSR count). The third-order valence-corrected chi connectivity index (χ3v) is 8.57. The summed E-state index contributed by atoms with van der Waals surface area (Å²) in [4.78, 5) is 12.7. The third kappa shape index (κ3) is 7.40. The summed E-state index contributed by atoms with van der Waals surface area (Å²) < 4.78 is 51.2. The smallest absolute Gasteiger partial charge is 0.255 e. The average Bonchev–Trinajstić information content (AvgIpc) is 3.67. The van der Waals surface area contributed by atoms with Crippen molar-refractivity contribution < 1.29 is 47.2 Å². The van der Waals surface area contributed by atoms with E-state index in [1.807, 2.05) is 18.2 Å². The Morgan fingerprint density at radius 1 is 0.654 bits per heavy atom. The molecule has 1 aliphatic heterocycles. The van der Waals surface area contributed by atoms with Gasteiger partial charge in [0.1, 0.15) is 11.9 Å². The van der Waals surface area contributed by atoms with Crippen LogP contribution in [0, 0.1) is 0 Å². The van der Waals surface area contributed by atoms with Crippen LogP contribution in [-0.2, 0) is 0 Å². The number of aromatic nitrogens is 1. The molecule has 0 bridgehead atoms. The molecule has 1 aliphatic rings. The Hall–Kier alpha value is -5.95. The number of nitrogens with one attached hydrogen (secondary N) is 2. The van der Waals surface area contributed by atoms with Gasteiger partial charge >= 0.3 is 0 Å². The van der Waals surface area contributed by atoms with Crippen molar-refractivity contribution in [2.75, 3.05) is 61.2 Å². The molecule has 0 fully saturated rings. The maximum Gasteiger partial charge on any atom is 0.255 e. The van der Waals surface area contributed by atoms with Gasteiger partial charge in [-0.05, 0) is 60.2 Å². The van der Waals surface area contributed by atoms with E-state index in [9.17, 15) is 4.79 Å². The topological polar surface area (TPSA) is 141 Å². The van der Waals surface area contributed by atoms with Gasteiger partial charge < -0.3 is 53.1 Å². The molecule has 0 spiro atoms. The summed E-state index contributed by atoms with van der Waals surface area (Å²) in [5.41, 5.74) is 3.92. The minimum absolute atomic E-state index is 0.219. The lowest BCUT2D eigenvalue weighted by molar-refractivity contribution is 0.0935. The number of ether oxygens (including phenoxy) is 8. The molecule has 1 unspecified atom stereocenters. The molecule has 1 amide bonds. The van der Waals surface area contributed by atoms with Crippen LogP contribution in [0.1, 0.15) is 28.5 Å². The third-order valence-electron chi connectivity index (χ3n) is 8.33. The van der Waals surface area contributed by atoms with Crippen molar-refractivity contribution in [3.63, 3.8) is 0 Å². The van der Waals surface area contributed by atoms with Crippen LogP contribution in [0.3, 0.4) is 0 Å². The number of carbonyl (C=O) groups is 1. The number of methoxy groups -OCH3 is 6. The van der Waals surface area contributed by atoms with E-state index in [0.717, 1.165) is 5.56 Å². The molecule has 2 N–H and O–H groups in total. The monoisotopic (exact) mass is 731 g/mol. The maximum atomic E-state index is 12.7. The van der Waals surface area contributed by atoms with Gasteiger partial charge in [-0.3, -0.25) is 4.79 Å². The number of fused-ring (bicyclic) bond motifs is 1. The predicted molar refractivity (Wildman–Crippen MR) is 194 cm³/mol. The van der Waals surface area contributed by atoms with Crippen molar-refractivity contribution in [3.8, 4) is 68.6 Å². The summed E-state index contributed by atoms with van der Waals surface area (Å²) in [6, 6.07) is 19.6. The first-order chi connectivity index (χ1) is 25.3. The first-order valence-electron chi connectivity index (χ1n) is 16.1. The SMILES string of the molecule is COc1cc(C2NC(=O)c3cc(Cl)ccc3N2)ccc1OCCCOc1c(OC)cc(-c2cc(-c3cc(OC)c(OC)c(OC)c3)on2)cc1OC. The van der Waals surface area contributed by atoms with Crippen molar-refractivity contribution in [3.05, 3.63) is 82.9 Å². The highest BCUT2D eigenvalue weighted by Gasteiger charge is 2.26. The van der Waals surface area contributed by atoms with Crippen LogP contribution in [0.2, 0.25) is 5.02 Å². The number of rotatable bonds is 15. The van der Waals surface area contributed by atoms with Crippen LogP contribution in [-0.4, -0.2) is 66.9 Å². The Bertz CT molecular complexity index is 2020. The van der Waals surface area contributed by atoms with Crippen LogP contribution in [0.5, 0.6) is 46.0 Å². The highest BCUT2D eigenvalue weighted by Crippen LogP contribution is 2.44. The maximum absolute atomic E-state index is 12.7. The van der Waals surface area contributed by atoms with Crippen LogP contribution in [0.15, 0.2) is 71.3 Å². The van der Waals surface area contributed by atoms with Gasteiger partial charge in [-0.1, -0.05) is 22.8 Å². The van der Waals surface area contributed by atoms with E-state index < -0.39 is 6.17 Å². The van der Waals surface area contributed by atoms with Gasteiger partial charge in [0.05, 0.1) is 61.4 Å². The second-order valence-electron chi connectivity index (χ2n) is 11.4. The van der Waals surface area contributed by atoms with Crippen molar-refractivity contribution >= 4 is 23.2 Å². The molecule has 52 heavy (non-hydrogen) atoms. The fraction of sp³-hybridized carbons (Fsp3) is 0.263. The fourth-order valence-corrected chi connectivity index (χ4v) is 5.91.